The van der Waals surface area contributed by atoms with Crippen LogP contribution in [-0.4, -0.2) is 4.57 Å². The molecule has 0 bridgehead atoms. The summed E-state index contributed by atoms with van der Waals surface area (Å²) in [5, 5.41) is 0. The van der Waals surface area contributed by atoms with Gasteiger partial charge >= 0.3 is 0 Å². The van der Waals surface area contributed by atoms with Crippen LogP contribution in [0.3, 0.4) is 0 Å². The standard InChI is InChI=1S/C28H33N2/c1-19(2)22-14-11-15-23(20(3)4)25(22)18-30-27-17-10-9-16-26(27)29(6)28(30)24-13-8-7-12-21(24)5/h7-17,19-20H,18H2,1-6H3/q+1. The van der Waals surface area contributed by atoms with E-state index in [0.29, 0.717) is 11.8 Å². The second-order valence-corrected chi connectivity index (χ2v) is 9.00. The maximum Gasteiger partial charge on any atom is 0.290 e. The first-order valence-electron chi connectivity index (χ1n) is 11.0. The van der Waals surface area contributed by atoms with E-state index < -0.39 is 0 Å². The smallest absolute Gasteiger partial charge is 0.226 e. The van der Waals surface area contributed by atoms with Gasteiger partial charge < -0.3 is 0 Å². The lowest BCUT2D eigenvalue weighted by Crippen LogP contribution is -2.30. The number of para-hydroxylation sites is 2. The highest BCUT2D eigenvalue weighted by Gasteiger charge is 2.27. The minimum atomic E-state index is 0.496. The average Bonchev–Trinajstić information content (AvgIpc) is 3.00. The summed E-state index contributed by atoms with van der Waals surface area (Å²) >= 11 is 0. The van der Waals surface area contributed by atoms with Crippen molar-refractivity contribution in [1.29, 1.82) is 0 Å². The minimum absolute atomic E-state index is 0.496. The van der Waals surface area contributed by atoms with Crippen LogP contribution in [-0.2, 0) is 13.6 Å². The van der Waals surface area contributed by atoms with Crippen molar-refractivity contribution in [2.75, 3.05) is 0 Å². The molecule has 30 heavy (non-hydrogen) atoms. The highest BCUT2D eigenvalue weighted by atomic mass is 15.2. The van der Waals surface area contributed by atoms with Gasteiger partial charge in [0.05, 0.1) is 12.6 Å². The zero-order valence-corrected chi connectivity index (χ0v) is 19.1. The molecule has 4 rings (SSSR count). The van der Waals surface area contributed by atoms with Crippen molar-refractivity contribution in [3.63, 3.8) is 0 Å². The number of hydrogen-bond donors (Lipinski definition) is 0. The lowest BCUT2D eigenvalue weighted by molar-refractivity contribution is -0.634. The van der Waals surface area contributed by atoms with Gasteiger partial charge in [-0.3, -0.25) is 0 Å². The topological polar surface area (TPSA) is 8.81 Å². The second kappa shape index (κ2) is 8.10. The molecule has 0 aliphatic rings. The van der Waals surface area contributed by atoms with E-state index >= 15 is 0 Å². The summed E-state index contributed by atoms with van der Waals surface area (Å²) < 4.78 is 4.87. The molecule has 0 saturated carbocycles. The molecule has 0 unspecified atom stereocenters. The van der Waals surface area contributed by atoms with Gasteiger partial charge in [0.1, 0.15) is 6.54 Å². The van der Waals surface area contributed by atoms with Crippen LogP contribution < -0.4 is 4.57 Å². The Hall–Kier alpha value is -2.87. The zero-order chi connectivity index (χ0) is 21.4. The summed E-state index contributed by atoms with van der Waals surface area (Å²) in [7, 11) is 2.19. The van der Waals surface area contributed by atoms with Gasteiger partial charge in [-0.15, -0.1) is 0 Å². The summed E-state index contributed by atoms with van der Waals surface area (Å²) in [5.41, 5.74) is 9.53. The Morgan fingerprint density at radius 3 is 2.00 bits per heavy atom. The van der Waals surface area contributed by atoms with Crippen LogP contribution in [0, 0.1) is 6.92 Å². The van der Waals surface area contributed by atoms with Crippen molar-refractivity contribution in [3.8, 4) is 11.4 Å². The van der Waals surface area contributed by atoms with Gasteiger partial charge in [-0.25, -0.2) is 9.13 Å². The maximum atomic E-state index is 2.52. The molecule has 0 aliphatic carbocycles. The molecule has 0 fully saturated rings. The van der Waals surface area contributed by atoms with E-state index in [4.69, 9.17) is 0 Å². The summed E-state index contributed by atoms with van der Waals surface area (Å²) in [6, 6.07) is 24.3. The third-order valence-corrected chi connectivity index (χ3v) is 6.30. The predicted molar refractivity (Wildman–Crippen MR) is 127 cm³/mol. The molecule has 0 N–H and O–H groups in total. The molecule has 0 spiro atoms. The maximum absolute atomic E-state index is 2.52. The summed E-state index contributed by atoms with van der Waals surface area (Å²) in [6.07, 6.45) is 0. The fraction of sp³-hybridized carbons (Fsp3) is 0.321. The van der Waals surface area contributed by atoms with Crippen molar-refractivity contribution in [1.82, 2.24) is 4.57 Å². The summed E-state index contributed by atoms with van der Waals surface area (Å²) in [5.74, 6) is 2.26. The molecule has 3 aromatic carbocycles. The van der Waals surface area contributed by atoms with Crippen molar-refractivity contribution in [2.24, 2.45) is 7.05 Å². The first kappa shape index (κ1) is 20.4. The molecule has 4 aromatic rings. The molecule has 0 aliphatic heterocycles. The summed E-state index contributed by atoms with van der Waals surface area (Å²) in [4.78, 5) is 0. The Morgan fingerprint density at radius 1 is 0.767 bits per heavy atom. The number of hydrogen-bond acceptors (Lipinski definition) is 0. The van der Waals surface area contributed by atoms with E-state index in [1.165, 1.54) is 44.7 Å². The third kappa shape index (κ3) is 3.45. The average molecular weight is 398 g/mol. The lowest BCUT2D eigenvalue weighted by Gasteiger charge is -2.19. The molecule has 2 nitrogen and oxygen atoms in total. The van der Waals surface area contributed by atoms with Crippen molar-refractivity contribution in [3.05, 3.63) is 89.0 Å². The molecule has 0 atom stereocenters. The van der Waals surface area contributed by atoms with Gasteiger partial charge in [-0.2, -0.15) is 0 Å². The van der Waals surface area contributed by atoms with Crippen LogP contribution in [0.5, 0.6) is 0 Å². The first-order valence-corrected chi connectivity index (χ1v) is 11.0. The fourth-order valence-electron chi connectivity index (χ4n) is 4.74. The van der Waals surface area contributed by atoms with Gasteiger partial charge in [0, 0.05) is 5.56 Å². The Balaban J connectivity index is 2.02. The largest absolute Gasteiger partial charge is 0.290 e. The van der Waals surface area contributed by atoms with Crippen LogP contribution in [0.4, 0.5) is 0 Å². The number of nitrogens with zero attached hydrogens (tertiary/aromatic N) is 2. The Labute approximate surface area is 180 Å². The highest BCUT2D eigenvalue weighted by molar-refractivity contribution is 5.77. The molecule has 0 amide bonds. The quantitative estimate of drug-likeness (QED) is 0.330. The molecule has 0 radical (unpaired) electrons. The molecule has 1 heterocycles. The summed E-state index contributed by atoms with van der Waals surface area (Å²) in [6.45, 7) is 12.3. The van der Waals surface area contributed by atoms with Crippen LogP contribution in [0.25, 0.3) is 22.4 Å². The molecule has 0 saturated heterocycles. The highest BCUT2D eigenvalue weighted by Crippen LogP contribution is 2.32. The monoisotopic (exact) mass is 397 g/mol. The fourth-order valence-corrected chi connectivity index (χ4v) is 4.74. The number of aromatic nitrogens is 2. The van der Waals surface area contributed by atoms with E-state index in [2.05, 4.69) is 118 Å². The van der Waals surface area contributed by atoms with Gasteiger partial charge in [-0.05, 0) is 53.6 Å². The Bertz CT molecular complexity index is 1170. The second-order valence-electron chi connectivity index (χ2n) is 9.00. The number of rotatable bonds is 5. The van der Waals surface area contributed by atoms with Crippen LogP contribution in [0.2, 0.25) is 0 Å². The van der Waals surface area contributed by atoms with E-state index in [1.807, 2.05) is 0 Å². The van der Waals surface area contributed by atoms with Gasteiger partial charge in [0.25, 0.3) is 5.82 Å². The van der Waals surface area contributed by atoms with E-state index in [-0.39, 0.29) is 0 Å². The van der Waals surface area contributed by atoms with Gasteiger partial charge in [-0.1, -0.05) is 76.2 Å². The number of benzene rings is 3. The molecule has 2 heteroatoms. The van der Waals surface area contributed by atoms with Crippen molar-refractivity contribution >= 4 is 11.0 Å². The van der Waals surface area contributed by atoms with Crippen molar-refractivity contribution in [2.45, 2.75) is 53.0 Å². The zero-order valence-electron chi connectivity index (χ0n) is 19.1. The molecular formula is C28H33N2+. The lowest BCUT2D eigenvalue weighted by atomic mass is 9.88. The normalized spacial score (nSPS) is 11.7. The van der Waals surface area contributed by atoms with E-state index in [1.54, 1.807) is 0 Å². The number of imidazole rings is 1. The Kier molecular flexibility index (Phi) is 5.51. The van der Waals surface area contributed by atoms with Crippen LogP contribution in [0.1, 0.15) is 61.8 Å². The van der Waals surface area contributed by atoms with Gasteiger partial charge in [0.2, 0.25) is 0 Å². The van der Waals surface area contributed by atoms with Crippen LogP contribution >= 0.6 is 0 Å². The van der Waals surface area contributed by atoms with Gasteiger partial charge in [0.15, 0.2) is 11.0 Å². The molecule has 154 valence electrons. The van der Waals surface area contributed by atoms with E-state index in [9.17, 15) is 0 Å². The SMILES string of the molecule is Cc1ccccc1-c1n(Cc2c(C(C)C)cccc2C(C)C)c2ccccc2[n+]1C. The predicted octanol–water partition coefficient (Wildman–Crippen LogP) is 6.74. The van der Waals surface area contributed by atoms with Crippen LogP contribution in [0.15, 0.2) is 66.7 Å². The Morgan fingerprint density at radius 2 is 1.37 bits per heavy atom. The molecular weight excluding hydrogens is 364 g/mol. The minimum Gasteiger partial charge on any atom is -0.226 e. The molecule has 1 aromatic heterocycles. The first-order chi connectivity index (χ1) is 14.4. The number of aryl methyl sites for hydroxylation is 2. The number of fused-ring (bicyclic) bond motifs is 1. The van der Waals surface area contributed by atoms with E-state index in [0.717, 1.165) is 6.54 Å². The third-order valence-electron chi connectivity index (χ3n) is 6.30. The van der Waals surface area contributed by atoms with Crippen molar-refractivity contribution < 1.29 is 4.57 Å².